The van der Waals surface area contributed by atoms with Crippen LogP contribution in [0, 0.1) is 34.5 Å². The average molecular weight is 582 g/mol. The topological polar surface area (TPSA) is 40.0 Å². The molecule has 0 amide bonds. The van der Waals surface area contributed by atoms with E-state index in [1.807, 2.05) is 6.07 Å². The Kier molecular flexibility index (Phi) is 8.67. The summed E-state index contributed by atoms with van der Waals surface area (Å²) >= 11 is 0. The normalized spacial score (nSPS) is 36.4. The molecule has 3 fully saturated rings. The number of allylic oxidation sites excluding steroid dienone is 1. The van der Waals surface area contributed by atoms with Gasteiger partial charge in [0.25, 0.3) is 0 Å². The highest BCUT2D eigenvalue weighted by atomic mass is 28.4. The van der Waals surface area contributed by atoms with E-state index in [4.69, 9.17) is 18.8 Å². The van der Waals surface area contributed by atoms with Gasteiger partial charge in [0.05, 0.1) is 12.3 Å². The lowest BCUT2D eigenvalue weighted by Crippen LogP contribution is -2.51. The predicted molar refractivity (Wildman–Crippen MR) is 171 cm³/mol. The minimum Gasteiger partial charge on any atom is -0.414 e. The summed E-state index contributed by atoms with van der Waals surface area (Å²) < 4.78 is 13.1. The maximum Gasteiger partial charge on any atom is 0.184 e. The molecule has 0 radical (unpaired) electrons. The molecule has 3 saturated carbocycles. The zero-order valence-corrected chi connectivity index (χ0v) is 28.6. The van der Waals surface area contributed by atoms with E-state index in [9.17, 15) is 0 Å². The number of benzene rings is 1. The Morgan fingerprint density at radius 3 is 2.35 bits per heavy atom. The molecular formula is C34H55NO3Si2. The lowest BCUT2D eigenvalue weighted by Gasteiger charge is -2.58. The van der Waals surface area contributed by atoms with Crippen LogP contribution in [0.25, 0.3) is 0 Å². The molecule has 4 nitrogen and oxygen atoms in total. The maximum atomic E-state index is 6.61. The SMILES string of the molecule is C[C@]12CC[C@H]3[C@@H](CC=C4C[C@@H](O[Si](C)(C)C)CC[C@@]43C)[C@@H]1CC[C@@H]2/C(CO[Si](C)(C)C)=N/OCc1ccccc1. The maximum absolute atomic E-state index is 6.61. The van der Waals surface area contributed by atoms with E-state index in [0.29, 0.717) is 30.7 Å². The highest BCUT2D eigenvalue weighted by Crippen LogP contribution is 2.66. The molecule has 222 valence electrons. The smallest absolute Gasteiger partial charge is 0.184 e. The number of hydrogen-bond donors (Lipinski definition) is 0. The Labute approximate surface area is 246 Å². The zero-order chi connectivity index (χ0) is 28.8. The van der Waals surface area contributed by atoms with Gasteiger partial charge in [-0.3, -0.25) is 0 Å². The van der Waals surface area contributed by atoms with Crippen molar-refractivity contribution in [3.63, 3.8) is 0 Å². The number of nitrogens with zero attached hydrogens (tertiary/aromatic N) is 1. The first-order valence-electron chi connectivity index (χ1n) is 16.0. The van der Waals surface area contributed by atoms with E-state index >= 15 is 0 Å². The van der Waals surface area contributed by atoms with Crippen LogP contribution in [0.2, 0.25) is 39.3 Å². The highest BCUT2D eigenvalue weighted by molar-refractivity contribution is 6.70. The van der Waals surface area contributed by atoms with Crippen molar-refractivity contribution in [3.05, 3.63) is 47.5 Å². The van der Waals surface area contributed by atoms with Crippen LogP contribution >= 0.6 is 0 Å². The van der Waals surface area contributed by atoms with E-state index in [1.165, 1.54) is 44.9 Å². The van der Waals surface area contributed by atoms with Gasteiger partial charge in [0, 0.05) is 12.0 Å². The molecule has 0 aliphatic heterocycles. The van der Waals surface area contributed by atoms with Crippen molar-refractivity contribution in [2.75, 3.05) is 6.61 Å². The number of hydrogen-bond acceptors (Lipinski definition) is 4. The van der Waals surface area contributed by atoms with Crippen LogP contribution in [-0.4, -0.2) is 35.1 Å². The van der Waals surface area contributed by atoms with Crippen LogP contribution in [-0.2, 0) is 20.3 Å². The largest absolute Gasteiger partial charge is 0.414 e. The summed E-state index contributed by atoms with van der Waals surface area (Å²) in [7, 11) is -3.18. The minimum atomic E-state index is -1.67. The third-order valence-electron chi connectivity index (χ3n) is 10.9. The Morgan fingerprint density at radius 1 is 0.900 bits per heavy atom. The summed E-state index contributed by atoms with van der Waals surface area (Å²) in [6, 6.07) is 10.4. The molecule has 7 atom stereocenters. The van der Waals surface area contributed by atoms with Gasteiger partial charge in [0.1, 0.15) is 6.61 Å². The van der Waals surface area contributed by atoms with Crippen molar-refractivity contribution in [1.82, 2.24) is 0 Å². The summed E-state index contributed by atoms with van der Waals surface area (Å²) in [5, 5.41) is 4.85. The van der Waals surface area contributed by atoms with Gasteiger partial charge in [-0.05, 0) is 125 Å². The fourth-order valence-electron chi connectivity index (χ4n) is 9.02. The van der Waals surface area contributed by atoms with E-state index < -0.39 is 16.6 Å². The highest BCUT2D eigenvalue weighted by Gasteiger charge is 2.59. The van der Waals surface area contributed by atoms with Gasteiger partial charge in [0.2, 0.25) is 0 Å². The van der Waals surface area contributed by atoms with Crippen molar-refractivity contribution in [1.29, 1.82) is 0 Å². The summed E-state index contributed by atoms with van der Waals surface area (Å²) in [5.74, 6) is 2.80. The summed E-state index contributed by atoms with van der Waals surface area (Å²) in [6.07, 6.45) is 13.2. The molecule has 4 aliphatic rings. The van der Waals surface area contributed by atoms with E-state index in [2.05, 4.69) is 83.5 Å². The van der Waals surface area contributed by atoms with Crippen molar-refractivity contribution >= 4 is 22.3 Å². The fraction of sp³-hybridized carbons (Fsp3) is 0.735. The van der Waals surface area contributed by atoms with Gasteiger partial charge in [-0.1, -0.05) is 61.0 Å². The van der Waals surface area contributed by atoms with Crippen molar-refractivity contribution in [2.45, 2.75) is 117 Å². The molecular weight excluding hydrogens is 527 g/mol. The first-order chi connectivity index (χ1) is 18.8. The molecule has 0 saturated heterocycles. The third kappa shape index (κ3) is 6.40. The van der Waals surface area contributed by atoms with Crippen molar-refractivity contribution < 1.29 is 13.7 Å². The lowest BCUT2D eigenvalue weighted by atomic mass is 9.47. The van der Waals surface area contributed by atoms with Gasteiger partial charge in [0.15, 0.2) is 16.6 Å². The summed E-state index contributed by atoms with van der Waals surface area (Å²) in [6.45, 7) is 20.2. The second kappa shape index (κ2) is 11.5. The molecule has 0 aromatic heterocycles. The summed E-state index contributed by atoms with van der Waals surface area (Å²) in [5.41, 5.74) is 4.68. The molecule has 5 rings (SSSR count). The van der Waals surface area contributed by atoms with E-state index in [-0.39, 0.29) is 5.41 Å². The molecule has 6 heteroatoms. The quantitative estimate of drug-likeness (QED) is 0.126. The van der Waals surface area contributed by atoms with Gasteiger partial charge in [-0.25, -0.2) is 0 Å². The molecule has 0 N–H and O–H groups in total. The zero-order valence-electron chi connectivity index (χ0n) is 26.6. The van der Waals surface area contributed by atoms with E-state index in [0.717, 1.165) is 35.4 Å². The molecule has 1 aromatic rings. The van der Waals surface area contributed by atoms with E-state index in [1.54, 1.807) is 5.57 Å². The van der Waals surface area contributed by atoms with Crippen LogP contribution in [0.4, 0.5) is 0 Å². The second-order valence-electron chi connectivity index (χ2n) is 15.8. The molecule has 4 aliphatic carbocycles. The third-order valence-corrected chi connectivity index (χ3v) is 12.9. The summed E-state index contributed by atoms with van der Waals surface area (Å²) in [4.78, 5) is 6.03. The van der Waals surface area contributed by atoms with Crippen molar-refractivity contribution in [2.24, 2.45) is 39.7 Å². The Morgan fingerprint density at radius 2 is 1.65 bits per heavy atom. The van der Waals surface area contributed by atoms with Crippen LogP contribution < -0.4 is 0 Å². The monoisotopic (exact) mass is 581 g/mol. The molecule has 40 heavy (non-hydrogen) atoms. The van der Waals surface area contributed by atoms with Gasteiger partial charge in [-0.15, -0.1) is 0 Å². The molecule has 1 aromatic carbocycles. The number of oxime groups is 1. The number of rotatable bonds is 9. The van der Waals surface area contributed by atoms with Gasteiger partial charge >= 0.3 is 0 Å². The predicted octanol–water partition coefficient (Wildman–Crippen LogP) is 9.21. The fourth-order valence-corrected chi connectivity index (χ4v) is 10.8. The Bertz CT molecular complexity index is 1090. The first kappa shape index (κ1) is 30.2. The van der Waals surface area contributed by atoms with Crippen LogP contribution in [0.5, 0.6) is 0 Å². The standard InChI is InChI=1S/C34H55NO3Si2/c1-33-20-18-27(38-40(6,7)8)22-26(33)14-15-28-29-16-17-31(34(29,2)21-19-30(28)33)32(24-37-39(3,4)5)35-36-23-25-12-10-9-11-13-25/h9-14,27-31H,15-24H2,1-8H3/b35-32+/t27-,28-,29-,30-,31+,33-,34-/m0/s1. The van der Waals surface area contributed by atoms with Gasteiger partial charge in [-0.2, -0.15) is 0 Å². The van der Waals surface area contributed by atoms with Crippen molar-refractivity contribution in [3.8, 4) is 0 Å². The molecule has 0 heterocycles. The second-order valence-corrected chi connectivity index (χ2v) is 24.7. The minimum absolute atomic E-state index is 0.277. The van der Waals surface area contributed by atoms with Gasteiger partial charge < -0.3 is 13.7 Å². The number of fused-ring (bicyclic) bond motifs is 5. The van der Waals surface area contributed by atoms with Crippen LogP contribution in [0.1, 0.15) is 70.8 Å². The lowest BCUT2D eigenvalue weighted by molar-refractivity contribution is -0.0417. The molecule has 0 unspecified atom stereocenters. The van der Waals surface area contributed by atoms with Crippen LogP contribution in [0.3, 0.4) is 0 Å². The first-order valence-corrected chi connectivity index (χ1v) is 22.8. The Balaban J connectivity index is 1.34. The Hall–Kier alpha value is -1.22. The average Bonchev–Trinajstić information content (AvgIpc) is 3.22. The van der Waals surface area contributed by atoms with Crippen LogP contribution in [0.15, 0.2) is 47.1 Å². The molecule has 0 spiro atoms. The molecule has 0 bridgehead atoms.